The van der Waals surface area contributed by atoms with Crippen LogP contribution in [0.4, 0.5) is 5.69 Å². The third-order valence-electron chi connectivity index (χ3n) is 5.38. The summed E-state index contributed by atoms with van der Waals surface area (Å²) >= 11 is 0. The molecule has 1 fully saturated rings. The minimum absolute atomic E-state index is 0.00807. The molecule has 2 aromatic heterocycles. The van der Waals surface area contributed by atoms with Gasteiger partial charge in [-0.15, -0.1) is 0 Å². The molecule has 0 spiro atoms. The minimum Gasteiger partial charge on any atom is -0.454 e. The number of carbonyl (C=O) groups excluding carboxylic acids is 1. The first-order valence-corrected chi connectivity index (χ1v) is 9.81. The molecule has 0 bridgehead atoms. The summed E-state index contributed by atoms with van der Waals surface area (Å²) in [5, 5.41) is 7.38. The topological polar surface area (TPSA) is 72.3 Å². The van der Waals surface area contributed by atoms with Gasteiger partial charge in [0.1, 0.15) is 5.75 Å². The second-order valence-corrected chi connectivity index (χ2v) is 7.28. The predicted octanol–water partition coefficient (Wildman–Crippen LogP) is 3.52. The number of rotatable bonds is 6. The van der Waals surface area contributed by atoms with Crippen molar-refractivity contribution in [2.75, 3.05) is 11.9 Å². The first-order chi connectivity index (χ1) is 14.1. The maximum atomic E-state index is 13.1. The van der Waals surface area contributed by atoms with Gasteiger partial charge in [-0.05, 0) is 50.6 Å². The van der Waals surface area contributed by atoms with Gasteiger partial charge >= 0.3 is 0 Å². The van der Waals surface area contributed by atoms with Gasteiger partial charge in [-0.1, -0.05) is 12.1 Å². The summed E-state index contributed by atoms with van der Waals surface area (Å²) in [5.74, 6) is 1.22. The van der Waals surface area contributed by atoms with E-state index in [1.54, 1.807) is 12.4 Å². The highest BCUT2D eigenvalue weighted by Gasteiger charge is 2.31. The average molecular weight is 391 g/mol. The number of para-hydroxylation sites is 2. The zero-order chi connectivity index (χ0) is 20.2. The lowest BCUT2D eigenvalue weighted by atomic mass is 10.1. The van der Waals surface area contributed by atoms with Crippen molar-refractivity contribution in [3.8, 4) is 11.5 Å². The summed E-state index contributed by atoms with van der Waals surface area (Å²) in [4.78, 5) is 19.4. The fraction of sp³-hybridized carbons (Fsp3) is 0.318. The number of aryl methyl sites for hydroxylation is 1. The highest BCUT2D eigenvalue weighted by molar-refractivity contribution is 5.96. The van der Waals surface area contributed by atoms with Crippen LogP contribution in [0.3, 0.4) is 0 Å². The number of hydrogen-bond donors (Lipinski definition) is 1. The van der Waals surface area contributed by atoms with Crippen LogP contribution in [0.5, 0.6) is 11.5 Å². The Bertz CT molecular complexity index is 986. The molecule has 0 aliphatic carbocycles. The van der Waals surface area contributed by atoms with Gasteiger partial charge in [0, 0.05) is 31.0 Å². The van der Waals surface area contributed by atoms with E-state index >= 15 is 0 Å². The van der Waals surface area contributed by atoms with Crippen molar-refractivity contribution < 1.29 is 9.53 Å². The fourth-order valence-electron chi connectivity index (χ4n) is 3.64. The lowest BCUT2D eigenvalue weighted by Gasteiger charge is -2.24. The first-order valence-electron chi connectivity index (χ1n) is 9.81. The smallest absolute Gasteiger partial charge is 0.241 e. The summed E-state index contributed by atoms with van der Waals surface area (Å²) in [5.41, 5.74) is 2.95. The van der Waals surface area contributed by atoms with Crippen LogP contribution in [0.1, 0.15) is 24.1 Å². The molecule has 7 heteroatoms. The zero-order valence-corrected chi connectivity index (χ0v) is 16.7. The maximum absolute atomic E-state index is 13.1. The Kier molecular flexibility index (Phi) is 5.57. The van der Waals surface area contributed by atoms with Crippen molar-refractivity contribution in [3.63, 3.8) is 0 Å². The van der Waals surface area contributed by atoms with E-state index in [0.29, 0.717) is 17.2 Å². The Morgan fingerprint density at radius 1 is 1.24 bits per heavy atom. The number of carbonyl (C=O) groups is 1. The molecule has 1 unspecified atom stereocenters. The number of anilines is 1. The van der Waals surface area contributed by atoms with Crippen molar-refractivity contribution in [1.82, 2.24) is 19.7 Å². The molecule has 0 radical (unpaired) electrons. The maximum Gasteiger partial charge on any atom is 0.241 e. The largest absolute Gasteiger partial charge is 0.454 e. The number of aromatic nitrogens is 3. The Balaban J connectivity index is 1.47. The van der Waals surface area contributed by atoms with E-state index in [9.17, 15) is 4.79 Å². The summed E-state index contributed by atoms with van der Waals surface area (Å²) in [6.07, 6.45) is 7.08. The van der Waals surface area contributed by atoms with Gasteiger partial charge in [0.2, 0.25) is 5.91 Å². The zero-order valence-electron chi connectivity index (χ0n) is 16.7. The van der Waals surface area contributed by atoms with Gasteiger partial charge in [-0.3, -0.25) is 19.4 Å². The normalized spacial score (nSPS) is 16.7. The number of likely N-dealkylation sites (tertiary alicyclic amines) is 1. The van der Waals surface area contributed by atoms with Crippen LogP contribution >= 0.6 is 0 Å². The van der Waals surface area contributed by atoms with Crippen LogP contribution in [0.25, 0.3) is 0 Å². The number of hydrogen-bond acceptors (Lipinski definition) is 5. The van der Waals surface area contributed by atoms with Gasteiger partial charge in [-0.2, -0.15) is 5.10 Å². The van der Waals surface area contributed by atoms with Gasteiger partial charge in [0.05, 0.1) is 24.1 Å². The number of amides is 1. The molecule has 1 aliphatic rings. The lowest BCUT2D eigenvalue weighted by molar-refractivity contribution is -0.120. The van der Waals surface area contributed by atoms with Crippen LogP contribution in [0, 0.1) is 6.92 Å². The number of benzene rings is 1. The second kappa shape index (κ2) is 8.45. The van der Waals surface area contributed by atoms with Gasteiger partial charge < -0.3 is 10.1 Å². The number of nitrogens with one attached hydrogen (secondary N) is 1. The van der Waals surface area contributed by atoms with E-state index < -0.39 is 0 Å². The van der Waals surface area contributed by atoms with E-state index in [4.69, 9.17) is 4.74 Å². The molecule has 3 heterocycles. The standard InChI is InChI=1S/C22H25N5O2/c1-16-17(13-24-26(16)2)15-27-12-6-9-20(27)22(28)25-19-8-3-4-10-21(19)29-18-7-5-11-23-14-18/h3-5,7-8,10-11,13-14,20H,6,9,12,15H2,1-2H3,(H,25,28). The van der Waals surface area contributed by atoms with Gasteiger partial charge in [0.15, 0.2) is 5.75 Å². The van der Waals surface area contributed by atoms with Crippen molar-refractivity contribution in [1.29, 1.82) is 0 Å². The molecule has 1 aliphatic heterocycles. The summed E-state index contributed by atoms with van der Waals surface area (Å²) in [6.45, 7) is 3.69. The molecule has 7 nitrogen and oxygen atoms in total. The lowest BCUT2D eigenvalue weighted by Crippen LogP contribution is -2.39. The van der Waals surface area contributed by atoms with E-state index in [2.05, 4.69) is 27.2 Å². The van der Waals surface area contributed by atoms with Crippen molar-refractivity contribution in [3.05, 3.63) is 66.2 Å². The summed E-state index contributed by atoms with van der Waals surface area (Å²) in [7, 11) is 1.94. The highest BCUT2D eigenvalue weighted by Crippen LogP contribution is 2.30. The third kappa shape index (κ3) is 4.30. The molecule has 4 rings (SSSR count). The molecule has 1 aromatic carbocycles. The van der Waals surface area contributed by atoms with Crippen molar-refractivity contribution >= 4 is 11.6 Å². The monoisotopic (exact) mass is 391 g/mol. The van der Waals surface area contributed by atoms with E-state index in [1.807, 2.05) is 54.3 Å². The molecule has 29 heavy (non-hydrogen) atoms. The minimum atomic E-state index is -0.166. The SMILES string of the molecule is Cc1c(CN2CCCC2C(=O)Nc2ccccc2Oc2cccnc2)cnn1C. The molecule has 1 atom stereocenters. The number of nitrogens with zero attached hydrogens (tertiary/aromatic N) is 4. The van der Waals surface area contributed by atoms with Crippen LogP contribution in [0.2, 0.25) is 0 Å². The average Bonchev–Trinajstić information content (AvgIpc) is 3.32. The summed E-state index contributed by atoms with van der Waals surface area (Å²) in [6, 6.07) is 10.9. The van der Waals surface area contributed by atoms with E-state index in [0.717, 1.165) is 37.2 Å². The molecule has 1 amide bonds. The number of ether oxygens (including phenoxy) is 1. The third-order valence-corrected chi connectivity index (χ3v) is 5.38. The van der Waals surface area contributed by atoms with Crippen LogP contribution in [0.15, 0.2) is 55.0 Å². The molecule has 3 aromatic rings. The fourth-order valence-corrected chi connectivity index (χ4v) is 3.64. The molecular formula is C22H25N5O2. The Morgan fingerprint density at radius 2 is 2.10 bits per heavy atom. The van der Waals surface area contributed by atoms with E-state index in [1.165, 1.54) is 0 Å². The van der Waals surface area contributed by atoms with Crippen LogP contribution in [-0.2, 0) is 18.4 Å². The summed E-state index contributed by atoms with van der Waals surface area (Å²) < 4.78 is 7.78. The molecular weight excluding hydrogens is 366 g/mol. The highest BCUT2D eigenvalue weighted by atomic mass is 16.5. The Morgan fingerprint density at radius 3 is 2.86 bits per heavy atom. The van der Waals surface area contributed by atoms with Crippen LogP contribution < -0.4 is 10.1 Å². The molecule has 150 valence electrons. The predicted molar refractivity (Wildman–Crippen MR) is 111 cm³/mol. The molecule has 1 N–H and O–H groups in total. The van der Waals surface area contributed by atoms with Gasteiger partial charge in [0.25, 0.3) is 0 Å². The van der Waals surface area contributed by atoms with Crippen molar-refractivity contribution in [2.24, 2.45) is 7.05 Å². The van der Waals surface area contributed by atoms with Crippen LogP contribution in [-0.4, -0.2) is 38.2 Å². The Labute approximate surface area is 170 Å². The quantitative estimate of drug-likeness (QED) is 0.696. The Hall–Kier alpha value is -3.19. The van der Waals surface area contributed by atoms with Gasteiger partial charge in [-0.25, -0.2) is 0 Å². The number of pyridine rings is 1. The molecule has 0 saturated carbocycles. The molecule has 1 saturated heterocycles. The van der Waals surface area contributed by atoms with Crippen molar-refractivity contribution in [2.45, 2.75) is 32.4 Å². The van der Waals surface area contributed by atoms with E-state index in [-0.39, 0.29) is 11.9 Å². The first kappa shape index (κ1) is 19.1. The second-order valence-electron chi connectivity index (χ2n) is 7.28.